The molecule has 0 atom stereocenters. The molecule has 0 bridgehead atoms. The molecule has 7 heteroatoms. The second-order valence-corrected chi connectivity index (χ2v) is 8.58. The van der Waals surface area contributed by atoms with Gasteiger partial charge in [0.05, 0.1) is 16.8 Å². The topological polar surface area (TPSA) is 66.9 Å². The summed E-state index contributed by atoms with van der Waals surface area (Å²) in [6.45, 7) is 0. The summed E-state index contributed by atoms with van der Waals surface area (Å²) in [5, 5.41) is 12.7. The number of hydrogen-bond donors (Lipinski definition) is 0. The van der Waals surface area contributed by atoms with Crippen molar-refractivity contribution in [3.8, 4) is 17.3 Å². The molecule has 2 aromatic heterocycles. The molecule has 2 heterocycles. The van der Waals surface area contributed by atoms with Crippen LogP contribution in [0.25, 0.3) is 33.9 Å². The van der Waals surface area contributed by atoms with Crippen molar-refractivity contribution in [1.82, 2.24) is 4.98 Å². The molecule has 0 aliphatic carbocycles. The number of benzene rings is 2. The molecule has 0 aliphatic rings. The van der Waals surface area contributed by atoms with Crippen molar-refractivity contribution in [3.63, 3.8) is 0 Å². The normalized spacial score (nSPS) is 11.5. The maximum atomic E-state index is 12.4. The molecule has 0 unspecified atom stereocenters. The van der Waals surface area contributed by atoms with Crippen LogP contribution in [0.5, 0.6) is 0 Å². The van der Waals surface area contributed by atoms with Crippen LogP contribution in [0.1, 0.15) is 10.6 Å². The third-order valence-electron chi connectivity index (χ3n) is 4.01. The van der Waals surface area contributed by atoms with E-state index in [1.165, 1.54) is 11.3 Å². The van der Waals surface area contributed by atoms with Gasteiger partial charge in [0.25, 0.3) is 0 Å². The third kappa shape index (κ3) is 3.85. The van der Waals surface area contributed by atoms with Crippen LogP contribution in [0.4, 0.5) is 0 Å². The zero-order chi connectivity index (χ0) is 19.7. The summed E-state index contributed by atoms with van der Waals surface area (Å²) in [6.07, 6.45) is 1.77. The fraction of sp³-hybridized carbons (Fsp3) is 0. The van der Waals surface area contributed by atoms with Gasteiger partial charge in [-0.1, -0.05) is 44.0 Å². The van der Waals surface area contributed by atoms with Crippen molar-refractivity contribution in [2.45, 2.75) is 0 Å². The summed E-state index contributed by atoms with van der Waals surface area (Å²) in [7, 11) is 0. The number of rotatable bonds is 3. The highest BCUT2D eigenvalue weighted by Gasteiger charge is 2.14. The van der Waals surface area contributed by atoms with Gasteiger partial charge in [-0.15, -0.1) is 11.3 Å². The minimum absolute atomic E-state index is 0.369. The summed E-state index contributed by atoms with van der Waals surface area (Å²) in [5.74, 6) is 0. The summed E-state index contributed by atoms with van der Waals surface area (Å²) >= 11 is 8.13. The number of hydrogen-bond acceptors (Lipinski definition) is 5. The highest BCUT2D eigenvalue weighted by atomic mass is 79.9. The van der Waals surface area contributed by atoms with Gasteiger partial charge >= 0.3 is 5.63 Å². The molecular weight excluding hydrogens is 504 g/mol. The molecule has 0 saturated heterocycles. The SMILES string of the molecule is N#C/C(=C\c1ccc(Br)cc1)c1nc(-c2cc3cc(Br)ccc3oc2=O)cs1. The Hall–Kier alpha value is -2.53. The van der Waals surface area contributed by atoms with Crippen LogP contribution in [-0.2, 0) is 0 Å². The fourth-order valence-corrected chi connectivity index (χ4v) is 4.09. The average molecular weight is 514 g/mol. The zero-order valence-electron chi connectivity index (χ0n) is 14.1. The number of allylic oxidation sites excluding steroid dienone is 1. The van der Waals surface area contributed by atoms with Crippen LogP contribution >= 0.6 is 43.2 Å². The average Bonchev–Trinajstić information content (AvgIpc) is 3.17. The Kier molecular flexibility index (Phi) is 5.27. The van der Waals surface area contributed by atoms with Crippen LogP contribution in [0.15, 0.2) is 72.1 Å². The zero-order valence-corrected chi connectivity index (χ0v) is 18.1. The van der Waals surface area contributed by atoms with Gasteiger partial charge in [-0.05, 0) is 48.0 Å². The van der Waals surface area contributed by atoms with Crippen molar-refractivity contribution in [2.75, 3.05) is 0 Å². The van der Waals surface area contributed by atoms with Crippen molar-refractivity contribution < 1.29 is 4.42 Å². The van der Waals surface area contributed by atoms with Crippen LogP contribution in [-0.4, -0.2) is 4.98 Å². The molecule has 0 radical (unpaired) electrons. The first-order chi connectivity index (χ1) is 13.5. The molecule has 0 fully saturated rings. The molecule has 4 rings (SSSR count). The Morgan fingerprint density at radius 1 is 1.11 bits per heavy atom. The van der Waals surface area contributed by atoms with Crippen molar-refractivity contribution >= 4 is 65.8 Å². The first-order valence-corrected chi connectivity index (χ1v) is 10.6. The Morgan fingerprint density at radius 2 is 1.86 bits per heavy atom. The van der Waals surface area contributed by atoms with E-state index in [2.05, 4.69) is 42.9 Å². The predicted octanol–water partition coefficient (Wildman–Crippen LogP) is 6.51. The molecular formula is C21H10Br2N2O2S. The lowest BCUT2D eigenvalue weighted by Gasteiger charge is -2.00. The standard InChI is InChI=1S/C21H10Br2N2O2S/c22-15-3-1-12(2-4-15)7-14(10-24)20-25-18(11-28-20)17-9-13-8-16(23)5-6-19(13)27-21(17)26/h1-9,11H/b14-7+. The van der Waals surface area contributed by atoms with E-state index in [0.29, 0.717) is 27.4 Å². The number of nitriles is 1. The number of aromatic nitrogens is 1. The van der Waals surface area contributed by atoms with Gasteiger partial charge in [0.2, 0.25) is 0 Å². The molecule has 0 saturated carbocycles. The molecule has 136 valence electrons. The summed E-state index contributed by atoms with van der Waals surface area (Å²) in [6, 6.07) is 17.0. The largest absolute Gasteiger partial charge is 0.422 e. The monoisotopic (exact) mass is 512 g/mol. The predicted molar refractivity (Wildman–Crippen MR) is 119 cm³/mol. The maximum absolute atomic E-state index is 12.4. The molecule has 0 amide bonds. The summed E-state index contributed by atoms with van der Waals surface area (Å²) in [4.78, 5) is 16.9. The van der Waals surface area contributed by atoms with E-state index in [1.54, 1.807) is 23.6 Å². The molecule has 0 aliphatic heterocycles. The lowest BCUT2D eigenvalue weighted by Crippen LogP contribution is -2.02. The van der Waals surface area contributed by atoms with Crippen molar-refractivity contribution in [2.24, 2.45) is 0 Å². The molecule has 4 aromatic rings. The van der Waals surface area contributed by atoms with E-state index in [-0.39, 0.29) is 0 Å². The van der Waals surface area contributed by atoms with Gasteiger partial charge in [-0.3, -0.25) is 0 Å². The highest BCUT2D eigenvalue weighted by molar-refractivity contribution is 9.10. The maximum Gasteiger partial charge on any atom is 0.345 e. The second-order valence-electron chi connectivity index (χ2n) is 5.89. The molecule has 4 nitrogen and oxygen atoms in total. The Bertz CT molecular complexity index is 1310. The van der Waals surface area contributed by atoms with Gasteiger partial charge in [0.15, 0.2) is 0 Å². The van der Waals surface area contributed by atoms with Gasteiger partial charge in [-0.2, -0.15) is 5.26 Å². The Labute approximate surface area is 181 Å². The molecule has 0 spiro atoms. The van der Waals surface area contributed by atoms with Gasteiger partial charge in [-0.25, -0.2) is 9.78 Å². The minimum Gasteiger partial charge on any atom is -0.422 e. The Balaban J connectivity index is 1.75. The smallest absolute Gasteiger partial charge is 0.345 e. The van der Waals surface area contributed by atoms with Crippen LogP contribution < -0.4 is 5.63 Å². The van der Waals surface area contributed by atoms with E-state index in [0.717, 1.165) is 19.9 Å². The van der Waals surface area contributed by atoms with E-state index < -0.39 is 5.63 Å². The molecule has 2 aromatic carbocycles. The lowest BCUT2D eigenvalue weighted by molar-refractivity contribution is 0.563. The fourth-order valence-electron chi connectivity index (χ4n) is 2.66. The van der Waals surface area contributed by atoms with E-state index in [4.69, 9.17) is 4.42 Å². The van der Waals surface area contributed by atoms with Crippen molar-refractivity contribution in [3.05, 3.63) is 83.8 Å². The quantitative estimate of drug-likeness (QED) is 0.231. The van der Waals surface area contributed by atoms with E-state index in [9.17, 15) is 10.1 Å². The minimum atomic E-state index is -0.456. The van der Waals surface area contributed by atoms with E-state index in [1.807, 2.05) is 36.4 Å². The number of thiazole rings is 1. The van der Waals surface area contributed by atoms with Gasteiger partial charge < -0.3 is 4.42 Å². The summed E-state index contributed by atoms with van der Waals surface area (Å²) < 4.78 is 7.27. The Morgan fingerprint density at radius 3 is 2.61 bits per heavy atom. The number of fused-ring (bicyclic) bond motifs is 1. The number of halogens is 2. The second kappa shape index (κ2) is 7.84. The first kappa shape index (κ1) is 18.8. The van der Waals surface area contributed by atoms with Gasteiger partial charge in [0, 0.05) is 19.7 Å². The number of nitrogens with zero attached hydrogens (tertiary/aromatic N) is 2. The summed E-state index contributed by atoms with van der Waals surface area (Å²) in [5.41, 5.74) is 2.25. The van der Waals surface area contributed by atoms with Crippen molar-refractivity contribution in [1.29, 1.82) is 5.26 Å². The van der Waals surface area contributed by atoms with Crippen LogP contribution in [0.2, 0.25) is 0 Å². The van der Waals surface area contributed by atoms with Crippen LogP contribution in [0, 0.1) is 11.3 Å². The molecule has 28 heavy (non-hydrogen) atoms. The first-order valence-electron chi connectivity index (χ1n) is 8.10. The van der Waals surface area contributed by atoms with Gasteiger partial charge in [0.1, 0.15) is 16.7 Å². The highest BCUT2D eigenvalue weighted by Crippen LogP contribution is 2.28. The van der Waals surface area contributed by atoms with Crippen LogP contribution in [0.3, 0.4) is 0 Å². The molecule has 0 N–H and O–H groups in total. The van der Waals surface area contributed by atoms with E-state index >= 15 is 0 Å². The third-order valence-corrected chi connectivity index (χ3v) is 5.90. The lowest BCUT2D eigenvalue weighted by atomic mass is 10.1.